The van der Waals surface area contributed by atoms with Crippen LogP contribution in [0.5, 0.6) is 0 Å². The average Bonchev–Trinajstić information content (AvgIpc) is 2.47. The number of benzene rings is 1. The molecule has 0 unspecified atom stereocenters. The second-order valence-corrected chi connectivity index (χ2v) is 5.09. The Kier molecular flexibility index (Phi) is 4.88. The molecule has 2 aromatic rings. The van der Waals surface area contributed by atoms with Gasteiger partial charge in [0.1, 0.15) is 0 Å². The van der Waals surface area contributed by atoms with Gasteiger partial charge < -0.3 is 4.90 Å². The van der Waals surface area contributed by atoms with Gasteiger partial charge in [0.05, 0.1) is 0 Å². The van der Waals surface area contributed by atoms with Gasteiger partial charge >= 0.3 is 0 Å². The van der Waals surface area contributed by atoms with Gasteiger partial charge in [-0.1, -0.05) is 29.8 Å². The molecule has 0 aliphatic rings. The normalized spacial score (nSPS) is 10.3. The zero-order valence-electron chi connectivity index (χ0n) is 12.0. The van der Waals surface area contributed by atoms with Crippen molar-refractivity contribution in [2.75, 3.05) is 7.05 Å². The summed E-state index contributed by atoms with van der Waals surface area (Å²) in [6.07, 6.45) is 4.84. The third-order valence-electron chi connectivity index (χ3n) is 3.34. The lowest BCUT2D eigenvalue weighted by Crippen LogP contribution is -2.26. The van der Waals surface area contributed by atoms with E-state index in [-0.39, 0.29) is 5.91 Å². The van der Waals surface area contributed by atoms with Gasteiger partial charge in [0.25, 0.3) is 0 Å². The Morgan fingerprint density at radius 2 is 1.70 bits per heavy atom. The predicted molar refractivity (Wildman–Crippen MR) is 80.2 cm³/mol. The largest absolute Gasteiger partial charge is 0.341 e. The molecule has 20 heavy (non-hydrogen) atoms. The first kappa shape index (κ1) is 14.3. The maximum Gasteiger partial charge on any atom is 0.222 e. The first-order valence-electron chi connectivity index (χ1n) is 6.83. The number of carbonyl (C=O) groups is 1. The standard InChI is InChI=1S/C17H20N2O/c1-14-3-5-15(6-4-14)7-8-17(20)19(2)13-16-9-11-18-12-10-16/h3-6,9-12H,7-8,13H2,1-2H3. The summed E-state index contributed by atoms with van der Waals surface area (Å²) in [5.41, 5.74) is 3.56. The Morgan fingerprint density at radius 1 is 1.05 bits per heavy atom. The average molecular weight is 268 g/mol. The van der Waals surface area contributed by atoms with E-state index in [0.29, 0.717) is 13.0 Å². The molecule has 0 spiro atoms. The van der Waals surface area contributed by atoms with Crippen molar-refractivity contribution < 1.29 is 4.79 Å². The van der Waals surface area contributed by atoms with Gasteiger partial charge in [0.2, 0.25) is 5.91 Å². The number of rotatable bonds is 5. The number of aromatic nitrogens is 1. The Morgan fingerprint density at radius 3 is 2.35 bits per heavy atom. The SMILES string of the molecule is Cc1ccc(CCC(=O)N(C)Cc2ccncc2)cc1. The molecule has 0 saturated heterocycles. The first-order chi connectivity index (χ1) is 9.65. The van der Waals surface area contributed by atoms with Crippen molar-refractivity contribution in [1.29, 1.82) is 0 Å². The molecule has 1 heterocycles. The topological polar surface area (TPSA) is 33.2 Å². The van der Waals surface area contributed by atoms with Crippen LogP contribution in [0.15, 0.2) is 48.8 Å². The molecule has 1 aromatic heterocycles. The van der Waals surface area contributed by atoms with E-state index in [1.807, 2.05) is 19.2 Å². The van der Waals surface area contributed by atoms with Gasteiger partial charge in [0, 0.05) is 32.4 Å². The van der Waals surface area contributed by atoms with Gasteiger partial charge in [0.15, 0.2) is 0 Å². The van der Waals surface area contributed by atoms with Crippen molar-refractivity contribution in [3.05, 3.63) is 65.5 Å². The summed E-state index contributed by atoms with van der Waals surface area (Å²) in [6.45, 7) is 2.70. The van der Waals surface area contributed by atoms with E-state index < -0.39 is 0 Å². The van der Waals surface area contributed by atoms with E-state index >= 15 is 0 Å². The lowest BCUT2D eigenvalue weighted by molar-refractivity contribution is -0.130. The highest BCUT2D eigenvalue weighted by Gasteiger charge is 2.09. The molecule has 3 heteroatoms. The molecule has 0 N–H and O–H groups in total. The monoisotopic (exact) mass is 268 g/mol. The molecule has 0 aliphatic carbocycles. The summed E-state index contributed by atoms with van der Waals surface area (Å²) in [6, 6.07) is 12.2. The summed E-state index contributed by atoms with van der Waals surface area (Å²) in [5.74, 6) is 0.169. The highest BCUT2D eigenvalue weighted by Crippen LogP contribution is 2.08. The fourth-order valence-corrected chi connectivity index (χ4v) is 2.05. The zero-order chi connectivity index (χ0) is 14.4. The molecular weight excluding hydrogens is 248 g/mol. The third-order valence-corrected chi connectivity index (χ3v) is 3.34. The molecule has 0 radical (unpaired) electrons. The third kappa shape index (κ3) is 4.19. The molecule has 0 atom stereocenters. The predicted octanol–water partition coefficient (Wildman–Crippen LogP) is 2.98. The van der Waals surface area contributed by atoms with Crippen molar-refractivity contribution in [3.8, 4) is 0 Å². The molecule has 0 fully saturated rings. The van der Waals surface area contributed by atoms with Crippen LogP contribution in [0.4, 0.5) is 0 Å². The number of aryl methyl sites for hydroxylation is 2. The Hall–Kier alpha value is -2.16. The van der Waals surface area contributed by atoms with Crippen LogP contribution < -0.4 is 0 Å². The fraction of sp³-hybridized carbons (Fsp3) is 0.294. The smallest absolute Gasteiger partial charge is 0.222 e. The molecule has 104 valence electrons. The lowest BCUT2D eigenvalue weighted by Gasteiger charge is -2.17. The lowest BCUT2D eigenvalue weighted by atomic mass is 10.1. The van der Waals surface area contributed by atoms with Gasteiger partial charge in [-0.25, -0.2) is 0 Å². The molecule has 0 aliphatic heterocycles. The quantitative estimate of drug-likeness (QED) is 0.835. The number of carbonyl (C=O) groups excluding carboxylic acids is 1. The van der Waals surface area contributed by atoms with Crippen LogP contribution in [0.1, 0.15) is 23.1 Å². The van der Waals surface area contributed by atoms with Crippen molar-refractivity contribution in [2.24, 2.45) is 0 Å². The zero-order valence-corrected chi connectivity index (χ0v) is 12.0. The van der Waals surface area contributed by atoms with Crippen LogP contribution in [-0.2, 0) is 17.8 Å². The molecular formula is C17H20N2O. The number of nitrogens with zero attached hydrogens (tertiary/aromatic N) is 2. The number of hydrogen-bond acceptors (Lipinski definition) is 2. The van der Waals surface area contributed by atoms with Crippen LogP contribution in [0.25, 0.3) is 0 Å². The highest BCUT2D eigenvalue weighted by atomic mass is 16.2. The summed E-state index contributed by atoms with van der Waals surface area (Å²) in [5, 5.41) is 0. The van der Waals surface area contributed by atoms with E-state index in [9.17, 15) is 4.79 Å². The van der Waals surface area contributed by atoms with Crippen LogP contribution in [0.2, 0.25) is 0 Å². The highest BCUT2D eigenvalue weighted by molar-refractivity contribution is 5.76. The maximum atomic E-state index is 12.1. The van der Waals surface area contributed by atoms with Crippen LogP contribution >= 0.6 is 0 Å². The molecule has 1 aromatic carbocycles. The Labute approximate surface area is 120 Å². The summed E-state index contributed by atoms with van der Waals surface area (Å²) >= 11 is 0. The van der Waals surface area contributed by atoms with E-state index in [2.05, 4.69) is 36.2 Å². The van der Waals surface area contributed by atoms with Crippen LogP contribution in [-0.4, -0.2) is 22.8 Å². The maximum absolute atomic E-state index is 12.1. The van der Waals surface area contributed by atoms with Crippen LogP contribution in [0.3, 0.4) is 0 Å². The van der Waals surface area contributed by atoms with E-state index in [0.717, 1.165) is 12.0 Å². The fourth-order valence-electron chi connectivity index (χ4n) is 2.05. The number of hydrogen-bond donors (Lipinski definition) is 0. The van der Waals surface area contributed by atoms with E-state index in [4.69, 9.17) is 0 Å². The summed E-state index contributed by atoms with van der Waals surface area (Å²) in [7, 11) is 1.85. The second-order valence-electron chi connectivity index (χ2n) is 5.09. The minimum Gasteiger partial charge on any atom is -0.341 e. The van der Waals surface area contributed by atoms with Crippen molar-refractivity contribution in [3.63, 3.8) is 0 Å². The first-order valence-corrected chi connectivity index (χ1v) is 6.83. The number of pyridine rings is 1. The Bertz CT molecular complexity index is 549. The molecule has 0 bridgehead atoms. The summed E-state index contributed by atoms with van der Waals surface area (Å²) < 4.78 is 0. The molecule has 0 saturated carbocycles. The van der Waals surface area contributed by atoms with Gasteiger partial charge in [-0.3, -0.25) is 9.78 Å². The van der Waals surface area contributed by atoms with Crippen LogP contribution in [0, 0.1) is 6.92 Å². The minimum atomic E-state index is 0.169. The number of amides is 1. The molecule has 2 rings (SSSR count). The van der Waals surface area contributed by atoms with Gasteiger partial charge in [-0.15, -0.1) is 0 Å². The second kappa shape index (κ2) is 6.85. The van der Waals surface area contributed by atoms with Crippen molar-refractivity contribution in [2.45, 2.75) is 26.3 Å². The van der Waals surface area contributed by atoms with Gasteiger partial charge in [-0.2, -0.15) is 0 Å². The van der Waals surface area contributed by atoms with E-state index in [1.54, 1.807) is 17.3 Å². The van der Waals surface area contributed by atoms with Gasteiger partial charge in [-0.05, 0) is 36.6 Å². The Balaban J connectivity index is 1.83. The molecule has 1 amide bonds. The summed E-state index contributed by atoms with van der Waals surface area (Å²) in [4.78, 5) is 17.8. The minimum absolute atomic E-state index is 0.169. The van der Waals surface area contributed by atoms with Crippen molar-refractivity contribution >= 4 is 5.91 Å². The van der Waals surface area contributed by atoms with Crippen molar-refractivity contribution in [1.82, 2.24) is 9.88 Å². The molecule has 3 nitrogen and oxygen atoms in total. The van der Waals surface area contributed by atoms with E-state index in [1.165, 1.54) is 11.1 Å².